The van der Waals surface area contributed by atoms with Crippen LogP contribution < -0.4 is 5.32 Å². The number of nitrogens with zero attached hydrogens (tertiary/aromatic N) is 3. The van der Waals surface area contributed by atoms with Gasteiger partial charge in [0.15, 0.2) is 0 Å². The standard InChI is InChI=1S/C20H26N4O2/c1-2-6-22-19(3-1)23-12-18-11-20(26-14-18)15-24(9-10-25-16-20)13-17-4-7-21-8-5-17/h1-8,18H,9-16H2,(H,22,23)/t18-,20+/m0/s1. The monoisotopic (exact) mass is 354 g/mol. The molecule has 2 aromatic rings. The van der Waals surface area contributed by atoms with E-state index < -0.39 is 0 Å². The molecule has 0 aromatic carbocycles. The highest BCUT2D eigenvalue weighted by Gasteiger charge is 2.43. The summed E-state index contributed by atoms with van der Waals surface area (Å²) in [6.07, 6.45) is 6.53. The van der Waals surface area contributed by atoms with Crippen molar-refractivity contribution >= 4 is 5.82 Å². The summed E-state index contributed by atoms with van der Waals surface area (Å²) >= 11 is 0. The number of ether oxygens (including phenoxy) is 2. The molecular formula is C20H26N4O2. The summed E-state index contributed by atoms with van der Waals surface area (Å²) in [5.74, 6) is 1.39. The highest BCUT2D eigenvalue weighted by Crippen LogP contribution is 2.33. The second kappa shape index (κ2) is 8.12. The van der Waals surface area contributed by atoms with E-state index in [-0.39, 0.29) is 5.60 Å². The molecule has 0 unspecified atom stereocenters. The topological polar surface area (TPSA) is 59.5 Å². The fraction of sp³-hybridized carbons (Fsp3) is 0.500. The van der Waals surface area contributed by atoms with Crippen LogP contribution in [-0.2, 0) is 16.0 Å². The van der Waals surface area contributed by atoms with E-state index in [2.05, 4.69) is 32.3 Å². The van der Waals surface area contributed by atoms with Crippen molar-refractivity contribution in [2.24, 2.45) is 5.92 Å². The summed E-state index contributed by atoms with van der Waals surface area (Å²) in [5, 5.41) is 3.42. The molecule has 138 valence electrons. The van der Waals surface area contributed by atoms with Crippen molar-refractivity contribution in [3.63, 3.8) is 0 Å². The van der Waals surface area contributed by atoms with Crippen molar-refractivity contribution in [3.8, 4) is 0 Å². The lowest BCUT2D eigenvalue weighted by Crippen LogP contribution is -2.43. The molecule has 0 radical (unpaired) electrons. The zero-order chi connectivity index (χ0) is 17.7. The van der Waals surface area contributed by atoms with E-state index in [0.717, 1.165) is 51.6 Å². The Morgan fingerprint density at radius 2 is 2.12 bits per heavy atom. The lowest BCUT2D eigenvalue weighted by molar-refractivity contribution is -0.0562. The molecule has 0 amide bonds. The van der Waals surface area contributed by atoms with Gasteiger partial charge in [-0.25, -0.2) is 4.98 Å². The van der Waals surface area contributed by atoms with Gasteiger partial charge >= 0.3 is 0 Å². The Labute approximate surface area is 154 Å². The minimum absolute atomic E-state index is 0.194. The van der Waals surface area contributed by atoms with Gasteiger partial charge < -0.3 is 14.8 Å². The van der Waals surface area contributed by atoms with Gasteiger partial charge in [-0.2, -0.15) is 0 Å². The van der Waals surface area contributed by atoms with Crippen LogP contribution in [0.2, 0.25) is 0 Å². The molecule has 2 fully saturated rings. The van der Waals surface area contributed by atoms with Gasteiger partial charge in [-0.05, 0) is 36.2 Å². The maximum Gasteiger partial charge on any atom is 0.125 e. The Hall–Kier alpha value is -2.02. The number of rotatable bonds is 5. The fourth-order valence-electron chi connectivity index (χ4n) is 3.86. The third kappa shape index (κ3) is 4.38. The normalized spacial score (nSPS) is 26.7. The molecule has 1 N–H and O–H groups in total. The number of aromatic nitrogens is 2. The fourth-order valence-corrected chi connectivity index (χ4v) is 3.86. The van der Waals surface area contributed by atoms with Crippen molar-refractivity contribution in [1.82, 2.24) is 14.9 Å². The second-order valence-corrected chi connectivity index (χ2v) is 7.28. The molecule has 0 saturated carbocycles. The SMILES string of the molecule is c1ccc(NC[C@H]2CO[C@]3(COCCN(Cc4ccncc4)C3)C2)nc1. The van der Waals surface area contributed by atoms with Gasteiger partial charge in [0.05, 0.1) is 19.8 Å². The zero-order valence-corrected chi connectivity index (χ0v) is 15.0. The Morgan fingerprint density at radius 3 is 2.96 bits per heavy atom. The molecule has 2 saturated heterocycles. The Balaban J connectivity index is 1.34. The van der Waals surface area contributed by atoms with Crippen LogP contribution in [0.5, 0.6) is 0 Å². The number of pyridine rings is 2. The van der Waals surface area contributed by atoms with Crippen LogP contribution in [0.15, 0.2) is 48.9 Å². The number of anilines is 1. The maximum absolute atomic E-state index is 6.29. The average molecular weight is 354 g/mol. The van der Waals surface area contributed by atoms with E-state index >= 15 is 0 Å². The van der Waals surface area contributed by atoms with E-state index in [9.17, 15) is 0 Å². The summed E-state index contributed by atoms with van der Waals surface area (Å²) in [6.45, 7) is 5.84. The minimum Gasteiger partial charge on any atom is -0.377 e. The van der Waals surface area contributed by atoms with Crippen molar-refractivity contribution in [3.05, 3.63) is 54.5 Å². The largest absolute Gasteiger partial charge is 0.377 e. The number of hydrogen-bond acceptors (Lipinski definition) is 6. The maximum atomic E-state index is 6.29. The molecule has 4 heterocycles. The third-order valence-electron chi connectivity index (χ3n) is 5.11. The molecule has 1 spiro atoms. The van der Waals surface area contributed by atoms with Crippen LogP contribution >= 0.6 is 0 Å². The lowest BCUT2D eigenvalue weighted by Gasteiger charge is -2.31. The first kappa shape index (κ1) is 17.4. The number of hydrogen-bond donors (Lipinski definition) is 1. The van der Waals surface area contributed by atoms with Gasteiger partial charge in [-0.3, -0.25) is 9.88 Å². The molecule has 4 rings (SSSR count). The van der Waals surface area contributed by atoms with Crippen molar-refractivity contribution in [2.45, 2.75) is 18.6 Å². The van der Waals surface area contributed by atoms with Crippen LogP contribution in [0.4, 0.5) is 5.82 Å². The van der Waals surface area contributed by atoms with Crippen molar-refractivity contribution in [2.75, 3.05) is 44.8 Å². The Kier molecular flexibility index (Phi) is 5.43. The molecule has 2 atom stereocenters. The molecule has 26 heavy (non-hydrogen) atoms. The summed E-state index contributed by atoms with van der Waals surface area (Å²) in [6, 6.07) is 10.1. The predicted octanol–water partition coefficient (Wildman–Crippen LogP) is 2.20. The molecule has 2 aromatic heterocycles. The van der Waals surface area contributed by atoms with Crippen LogP contribution in [-0.4, -0.2) is 59.9 Å². The summed E-state index contributed by atoms with van der Waals surface area (Å²) in [5.41, 5.74) is 1.09. The van der Waals surface area contributed by atoms with Gasteiger partial charge in [-0.15, -0.1) is 0 Å². The molecule has 0 bridgehead atoms. The van der Waals surface area contributed by atoms with Crippen molar-refractivity contribution < 1.29 is 9.47 Å². The van der Waals surface area contributed by atoms with E-state index in [1.54, 1.807) is 0 Å². The number of nitrogens with one attached hydrogen (secondary N) is 1. The highest BCUT2D eigenvalue weighted by atomic mass is 16.5. The van der Waals surface area contributed by atoms with E-state index in [0.29, 0.717) is 12.5 Å². The summed E-state index contributed by atoms with van der Waals surface area (Å²) < 4.78 is 12.2. The first-order valence-corrected chi connectivity index (χ1v) is 9.29. The minimum atomic E-state index is -0.194. The first-order chi connectivity index (χ1) is 12.8. The van der Waals surface area contributed by atoms with Gasteiger partial charge in [0.25, 0.3) is 0 Å². The zero-order valence-electron chi connectivity index (χ0n) is 15.0. The smallest absolute Gasteiger partial charge is 0.125 e. The van der Waals surface area contributed by atoms with Crippen LogP contribution in [0.1, 0.15) is 12.0 Å². The molecule has 6 nitrogen and oxygen atoms in total. The van der Waals surface area contributed by atoms with Gasteiger partial charge in [0.1, 0.15) is 11.4 Å². The highest BCUT2D eigenvalue weighted by molar-refractivity contribution is 5.33. The molecule has 0 aliphatic carbocycles. The quantitative estimate of drug-likeness (QED) is 0.888. The average Bonchev–Trinajstić information content (AvgIpc) is 2.97. The molecule has 2 aliphatic rings. The van der Waals surface area contributed by atoms with Crippen LogP contribution in [0, 0.1) is 5.92 Å². The molecule has 2 aliphatic heterocycles. The second-order valence-electron chi connectivity index (χ2n) is 7.28. The lowest BCUT2D eigenvalue weighted by atomic mass is 9.94. The Morgan fingerprint density at radius 1 is 1.19 bits per heavy atom. The van der Waals surface area contributed by atoms with Crippen LogP contribution in [0.3, 0.4) is 0 Å². The molecular weight excluding hydrogens is 328 g/mol. The van der Waals surface area contributed by atoms with E-state index in [4.69, 9.17) is 9.47 Å². The summed E-state index contributed by atoms with van der Waals surface area (Å²) in [7, 11) is 0. The van der Waals surface area contributed by atoms with Crippen LogP contribution in [0.25, 0.3) is 0 Å². The third-order valence-corrected chi connectivity index (χ3v) is 5.11. The van der Waals surface area contributed by atoms with Gasteiger partial charge in [0, 0.05) is 50.7 Å². The van der Waals surface area contributed by atoms with Gasteiger partial charge in [0.2, 0.25) is 0 Å². The summed E-state index contributed by atoms with van der Waals surface area (Å²) in [4.78, 5) is 10.9. The van der Waals surface area contributed by atoms with Gasteiger partial charge in [-0.1, -0.05) is 6.07 Å². The van der Waals surface area contributed by atoms with Crippen molar-refractivity contribution in [1.29, 1.82) is 0 Å². The first-order valence-electron chi connectivity index (χ1n) is 9.29. The van der Waals surface area contributed by atoms with E-state index in [1.165, 1.54) is 5.56 Å². The predicted molar refractivity (Wildman–Crippen MR) is 99.8 cm³/mol. The Bertz CT molecular complexity index is 685. The van der Waals surface area contributed by atoms with E-state index in [1.807, 2.05) is 36.8 Å². The molecule has 6 heteroatoms.